The Balaban J connectivity index is 2.08. The van der Waals surface area contributed by atoms with Crippen LogP contribution in [0.25, 0.3) is 0 Å². The highest BCUT2D eigenvalue weighted by Gasteiger charge is 2.51. The summed E-state index contributed by atoms with van der Waals surface area (Å²) >= 11 is 0. The molecule has 0 unspecified atom stereocenters. The van der Waals surface area contributed by atoms with E-state index in [4.69, 9.17) is 13.1 Å². The van der Waals surface area contributed by atoms with E-state index in [2.05, 4.69) is 0 Å². The van der Waals surface area contributed by atoms with E-state index in [1.807, 2.05) is 0 Å². The van der Waals surface area contributed by atoms with Gasteiger partial charge < -0.3 is 9.47 Å². The fourth-order valence-electron chi connectivity index (χ4n) is 5.32. The van der Waals surface area contributed by atoms with Crippen LogP contribution in [-0.2, 0) is 41.8 Å². The fourth-order valence-corrected chi connectivity index (χ4v) is 11.3. The number of carbonyl (C=O) groups excluding carboxylic acids is 1. The topological polar surface area (TPSA) is 78.9 Å². The van der Waals surface area contributed by atoms with Gasteiger partial charge in [0, 0.05) is 14.7 Å². The van der Waals surface area contributed by atoms with E-state index in [-0.39, 0.29) is 31.6 Å². The molecule has 0 saturated carbocycles. The van der Waals surface area contributed by atoms with Gasteiger partial charge in [-0.1, -0.05) is 36.4 Å². The zero-order chi connectivity index (χ0) is 39.1. The van der Waals surface area contributed by atoms with Crippen LogP contribution in [-0.4, -0.2) is 26.6 Å². The third-order valence-corrected chi connectivity index (χ3v) is 12.7. The molecule has 4 aromatic carbocycles. The van der Waals surface area contributed by atoms with E-state index in [0.29, 0.717) is 0 Å². The molecule has 0 atom stereocenters. The molecule has 0 radical (unpaired) electrons. The van der Waals surface area contributed by atoms with Crippen LogP contribution in [0.15, 0.2) is 105 Å². The number of carbonyl (C=O) groups is 1. The summed E-state index contributed by atoms with van der Waals surface area (Å²) in [5.41, 5.74) is -8.29. The second kappa shape index (κ2) is 14.3. The molecule has 52 heavy (non-hydrogen) atoms. The van der Waals surface area contributed by atoms with Crippen LogP contribution in [0.1, 0.15) is 48.6 Å². The molecule has 0 saturated heterocycles. The highest BCUT2D eigenvalue weighted by Crippen LogP contribution is 2.72. The maximum atomic E-state index is 14.4. The van der Waals surface area contributed by atoms with E-state index in [0.717, 1.165) is 0 Å². The molecule has 0 spiro atoms. The first-order valence-electron chi connectivity index (χ1n) is 15.0. The lowest BCUT2D eigenvalue weighted by Crippen LogP contribution is -2.27. The van der Waals surface area contributed by atoms with Crippen LogP contribution in [0.3, 0.4) is 0 Å². The first-order valence-corrected chi connectivity index (χ1v) is 18.0. The van der Waals surface area contributed by atoms with Crippen LogP contribution < -0.4 is 4.74 Å². The van der Waals surface area contributed by atoms with Crippen molar-refractivity contribution in [3.8, 4) is 5.75 Å². The molecular formula is C35H31F9O6S2. The number of benzene rings is 4. The summed E-state index contributed by atoms with van der Waals surface area (Å²) in [5.74, 6) is -0.657. The molecule has 0 amide bonds. The quantitative estimate of drug-likeness (QED) is 0.124. The van der Waals surface area contributed by atoms with Crippen LogP contribution in [0, 0.1) is 13.8 Å². The van der Waals surface area contributed by atoms with Crippen molar-refractivity contribution >= 4 is 26.4 Å². The average Bonchev–Trinajstić information content (AvgIpc) is 3.01. The summed E-state index contributed by atoms with van der Waals surface area (Å²) < 4.78 is 173. The summed E-state index contributed by atoms with van der Waals surface area (Å²) in [6, 6.07) is 15.5. The lowest BCUT2D eigenvalue weighted by molar-refractivity contribution is -0.157. The minimum atomic E-state index is -6.30. The number of hydrogen-bond acceptors (Lipinski definition) is 6. The van der Waals surface area contributed by atoms with Crippen molar-refractivity contribution in [2.45, 2.75) is 78.3 Å². The molecule has 0 aliphatic heterocycles. The predicted molar refractivity (Wildman–Crippen MR) is 172 cm³/mol. The minimum absolute atomic E-state index is 0.00659. The maximum Gasteiger partial charge on any atom is 0.417 e. The Labute approximate surface area is 295 Å². The second-order valence-corrected chi connectivity index (χ2v) is 16.7. The zero-order valence-corrected chi connectivity index (χ0v) is 29.6. The summed E-state index contributed by atoms with van der Waals surface area (Å²) in [6.07, 6.45) is -17.8. The van der Waals surface area contributed by atoms with E-state index < -0.39 is 90.9 Å². The fraction of sp³-hybridized carbons (Fsp3) is 0.286. The number of aryl methyl sites for hydroxylation is 2. The third-order valence-electron chi connectivity index (χ3n) is 7.12. The molecule has 6 nitrogen and oxygen atoms in total. The van der Waals surface area contributed by atoms with Gasteiger partial charge in [-0.3, -0.25) is 0 Å². The lowest BCUT2D eigenvalue weighted by atomic mass is 10.0. The average molecular weight is 783 g/mol. The van der Waals surface area contributed by atoms with Crippen molar-refractivity contribution in [2.75, 3.05) is 6.61 Å². The number of rotatable bonds is 9. The molecule has 0 N–H and O–H groups in total. The van der Waals surface area contributed by atoms with Gasteiger partial charge in [-0.05, 0) is 105 Å². The Morgan fingerprint density at radius 3 is 1.42 bits per heavy atom. The summed E-state index contributed by atoms with van der Waals surface area (Å²) in [6.45, 7) is 7.26. The zero-order valence-electron chi connectivity index (χ0n) is 28.0. The number of ether oxygens (including phenoxy) is 2. The maximum absolute atomic E-state index is 14.4. The highest BCUT2D eigenvalue weighted by molar-refractivity contribution is 8.33. The largest absolute Gasteiger partial charge is 0.482 e. The van der Waals surface area contributed by atoms with Gasteiger partial charge in [0.25, 0.3) is 0 Å². The Morgan fingerprint density at radius 2 is 1.06 bits per heavy atom. The van der Waals surface area contributed by atoms with E-state index in [1.54, 1.807) is 20.8 Å². The summed E-state index contributed by atoms with van der Waals surface area (Å²) in [5, 5.41) is 0. The monoisotopic (exact) mass is 782 g/mol. The minimum Gasteiger partial charge on any atom is -0.482 e. The van der Waals surface area contributed by atoms with E-state index in [9.17, 15) is 52.7 Å². The Morgan fingerprint density at radius 1 is 0.635 bits per heavy atom. The Bertz CT molecular complexity index is 1940. The summed E-state index contributed by atoms with van der Waals surface area (Å²) in [7, 11) is -10.2. The van der Waals surface area contributed by atoms with Crippen molar-refractivity contribution in [3.05, 3.63) is 113 Å². The first-order chi connectivity index (χ1) is 23.8. The van der Waals surface area contributed by atoms with Gasteiger partial charge in [0.05, 0.1) is 16.7 Å². The van der Waals surface area contributed by atoms with Gasteiger partial charge in [-0.15, -0.1) is 0 Å². The van der Waals surface area contributed by atoms with Gasteiger partial charge >= 0.3 is 34.6 Å². The Hall–Kier alpha value is -4.22. The van der Waals surface area contributed by atoms with Crippen LogP contribution >= 0.6 is 10.3 Å². The lowest BCUT2D eigenvalue weighted by Gasteiger charge is -2.41. The molecule has 4 rings (SSSR count). The van der Waals surface area contributed by atoms with Gasteiger partial charge in [0.2, 0.25) is 0 Å². The van der Waals surface area contributed by atoms with Gasteiger partial charge in [0.1, 0.15) is 16.2 Å². The molecule has 17 heteroatoms. The molecule has 0 aliphatic carbocycles. The number of halogens is 9. The van der Waals surface area contributed by atoms with Crippen molar-refractivity contribution in [3.63, 3.8) is 0 Å². The molecule has 0 bridgehead atoms. The van der Waals surface area contributed by atoms with Crippen molar-refractivity contribution in [2.24, 2.45) is 0 Å². The standard InChI is InChI=1S/C35H31F9O6S2/c1-21-16-24(48-20-29(45)49-32(3,4)5)17-22(2)30(21)51(25-12-8-6-9-13-25,26-14-10-7-11-15-26)50-52(46,47)31-27(34(39,40)41)18-23(33(36,37)38)19-28(31)35(42,43)44/h6-19H,20H2,1-5H3. The number of esters is 1. The van der Waals surface area contributed by atoms with Gasteiger partial charge in [-0.25, -0.2) is 8.42 Å². The molecule has 0 heterocycles. The second-order valence-electron chi connectivity index (χ2n) is 12.4. The van der Waals surface area contributed by atoms with Gasteiger partial charge in [-0.2, -0.15) is 47.9 Å². The normalized spacial score (nSPS) is 13.5. The van der Waals surface area contributed by atoms with Crippen LogP contribution in [0.5, 0.6) is 5.75 Å². The SMILES string of the molecule is Cc1cc(OCC(=O)OC(C)(C)C)cc(C)c1S(OS(=O)(=O)c1c(C(F)(F)F)cc(C(F)(F)F)cc1C(F)(F)F)(c1ccccc1)c1ccccc1. The molecule has 4 aromatic rings. The number of hydrogen-bond donors (Lipinski definition) is 0. The van der Waals surface area contributed by atoms with Gasteiger partial charge in [0.15, 0.2) is 6.61 Å². The Kier molecular flexibility index (Phi) is 11.2. The van der Waals surface area contributed by atoms with Crippen molar-refractivity contribution < 1.29 is 65.8 Å². The third kappa shape index (κ3) is 8.86. The van der Waals surface area contributed by atoms with Crippen molar-refractivity contribution in [1.29, 1.82) is 0 Å². The van der Waals surface area contributed by atoms with Crippen LogP contribution in [0.4, 0.5) is 39.5 Å². The molecule has 0 aromatic heterocycles. The molecule has 282 valence electrons. The first kappa shape index (κ1) is 40.5. The van der Waals surface area contributed by atoms with E-state index >= 15 is 0 Å². The van der Waals surface area contributed by atoms with E-state index in [1.165, 1.54) is 86.6 Å². The number of alkyl halides is 9. The van der Waals surface area contributed by atoms with Crippen LogP contribution in [0.2, 0.25) is 0 Å². The summed E-state index contributed by atoms with van der Waals surface area (Å²) in [4.78, 5) is 9.77. The van der Waals surface area contributed by atoms with Crippen molar-refractivity contribution in [1.82, 2.24) is 0 Å². The molecular weight excluding hydrogens is 751 g/mol. The molecule has 0 aliphatic rings. The highest BCUT2D eigenvalue weighted by atomic mass is 32.3. The molecule has 0 fully saturated rings. The smallest absolute Gasteiger partial charge is 0.417 e. The predicted octanol–water partition coefficient (Wildman–Crippen LogP) is 10.7.